The van der Waals surface area contributed by atoms with E-state index < -0.39 is 0 Å². The highest BCUT2D eigenvalue weighted by molar-refractivity contribution is 5.89. The van der Waals surface area contributed by atoms with E-state index in [1.165, 1.54) is 11.1 Å². The molecular formula is C26H30N4O. The van der Waals surface area contributed by atoms with Gasteiger partial charge in [-0.05, 0) is 56.0 Å². The highest BCUT2D eigenvalue weighted by Gasteiger charge is 2.27. The number of amides is 2. The summed E-state index contributed by atoms with van der Waals surface area (Å²) in [6.45, 7) is 8.60. The third-order valence-corrected chi connectivity index (χ3v) is 5.95. The van der Waals surface area contributed by atoms with Gasteiger partial charge in [0.1, 0.15) is 0 Å². The van der Waals surface area contributed by atoms with E-state index in [2.05, 4.69) is 74.7 Å². The van der Waals surface area contributed by atoms with Crippen molar-refractivity contribution in [3.05, 3.63) is 89.3 Å². The SMILES string of the molecule is Cc1nn(-c2ccc(C(C)C)cc2)c(C)c1[C@@H]1C=C[C@@H](NC(=O)Nc2ccccc2)C1. The van der Waals surface area contributed by atoms with Crippen molar-refractivity contribution in [3.8, 4) is 5.69 Å². The summed E-state index contributed by atoms with van der Waals surface area (Å²) in [6, 6.07) is 17.9. The number of anilines is 1. The summed E-state index contributed by atoms with van der Waals surface area (Å²) in [7, 11) is 0. The molecule has 5 nitrogen and oxygen atoms in total. The molecule has 0 fully saturated rings. The first-order valence-electron chi connectivity index (χ1n) is 10.9. The van der Waals surface area contributed by atoms with Gasteiger partial charge in [-0.3, -0.25) is 0 Å². The summed E-state index contributed by atoms with van der Waals surface area (Å²) in [6.07, 6.45) is 5.11. The fourth-order valence-electron chi connectivity index (χ4n) is 4.32. The van der Waals surface area contributed by atoms with Crippen LogP contribution in [-0.2, 0) is 0 Å². The second-order valence-corrected chi connectivity index (χ2v) is 8.54. The predicted octanol–water partition coefficient (Wildman–Crippen LogP) is 5.85. The van der Waals surface area contributed by atoms with Gasteiger partial charge in [0.15, 0.2) is 0 Å². The Morgan fingerprint density at radius 2 is 1.74 bits per heavy atom. The number of rotatable bonds is 5. The van der Waals surface area contributed by atoms with Crippen LogP contribution in [-0.4, -0.2) is 21.9 Å². The lowest BCUT2D eigenvalue weighted by Gasteiger charge is -2.15. The van der Waals surface area contributed by atoms with Gasteiger partial charge in [0.25, 0.3) is 0 Å². The summed E-state index contributed by atoms with van der Waals surface area (Å²) >= 11 is 0. The molecule has 1 aliphatic rings. The van der Waals surface area contributed by atoms with E-state index in [-0.39, 0.29) is 18.0 Å². The Hall–Kier alpha value is -3.34. The average molecular weight is 415 g/mol. The molecule has 31 heavy (non-hydrogen) atoms. The normalized spacial score (nSPS) is 17.8. The first-order valence-corrected chi connectivity index (χ1v) is 10.9. The van der Waals surface area contributed by atoms with Gasteiger partial charge < -0.3 is 10.6 Å². The fraction of sp³-hybridized carbons (Fsp3) is 0.308. The largest absolute Gasteiger partial charge is 0.332 e. The topological polar surface area (TPSA) is 59.0 Å². The van der Waals surface area contributed by atoms with Crippen molar-refractivity contribution in [2.24, 2.45) is 0 Å². The fourth-order valence-corrected chi connectivity index (χ4v) is 4.32. The van der Waals surface area contributed by atoms with Crippen LogP contribution in [0.4, 0.5) is 10.5 Å². The van der Waals surface area contributed by atoms with Crippen molar-refractivity contribution in [3.63, 3.8) is 0 Å². The Balaban J connectivity index is 1.45. The molecule has 2 atom stereocenters. The number of nitrogens with one attached hydrogen (secondary N) is 2. The van der Waals surface area contributed by atoms with E-state index in [0.717, 1.165) is 29.2 Å². The zero-order valence-electron chi connectivity index (χ0n) is 18.6. The minimum absolute atomic E-state index is 0.00110. The number of hydrogen-bond donors (Lipinski definition) is 2. The summed E-state index contributed by atoms with van der Waals surface area (Å²) in [5.41, 5.74) is 6.63. The lowest BCUT2D eigenvalue weighted by Crippen LogP contribution is -2.36. The Morgan fingerprint density at radius 3 is 2.42 bits per heavy atom. The Morgan fingerprint density at radius 1 is 1.03 bits per heavy atom. The van der Waals surface area contributed by atoms with Crippen molar-refractivity contribution in [1.82, 2.24) is 15.1 Å². The van der Waals surface area contributed by atoms with E-state index in [4.69, 9.17) is 5.10 Å². The molecule has 0 unspecified atom stereocenters. The van der Waals surface area contributed by atoms with Crippen LogP contribution in [0, 0.1) is 13.8 Å². The van der Waals surface area contributed by atoms with Crippen LogP contribution < -0.4 is 10.6 Å². The van der Waals surface area contributed by atoms with Gasteiger partial charge in [-0.25, -0.2) is 9.48 Å². The van der Waals surface area contributed by atoms with Crippen molar-refractivity contribution < 1.29 is 4.79 Å². The number of carbonyl (C=O) groups is 1. The number of para-hydroxylation sites is 1. The third kappa shape index (κ3) is 4.55. The van der Waals surface area contributed by atoms with Crippen LogP contribution in [0.3, 0.4) is 0 Å². The summed E-state index contributed by atoms with van der Waals surface area (Å²) in [4.78, 5) is 12.3. The highest BCUT2D eigenvalue weighted by atomic mass is 16.2. The molecule has 2 aromatic carbocycles. The molecule has 0 radical (unpaired) electrons. The number of allylic oxidation sites excluding steroid dienone is 1. The standard InChI is InChI=1S/C26H30N4O/c1-17(2)20-11-14-24(15-12-20)30-19(4)25(18(3)29-30)21-10-13-23(16-21)28-26(31)27-22-8-6-5-7-9-22/h5-15,17,21,23H,16H2,1-4H3,(H2,27,28,31)/t21-,23-/m1/s1. The maximum absolute atomic E-state index is 12.3. The third-order valence-electron chi connectivity index (χ3n) is 5.95. The molecule has 2 amide bonds. The molecule has 4 rings (SSSR count). The van der Waals surface area contributed by atoms with Crippen molar-refractivity contribution >= 4 is 11.7 Å². The van der Waals surface area contributed by atoms with Crippen LogP contribution in [0.2, 0.25) is 0 Å². The molecule has 0 saturated carbocycles. The predicted molar refractivity (Wildman–Crippen MR) is 126 cm³/mol. The molecule has 160 valence electrons. The maximum Gasteiger partial charge on any atom is 0.319 e. The number of aromatic nitrogens is 2. The van der Waals surface area contributed by atoms with E-state index in [1.807, 2.05) is 35.0 Å². The van der Waals surface area contributed by atoms with Crippen LogP contribution in [0.15, 0.2) is 66.7 Å². The first kappa shape index (κ1) is 20.9. The van der Waals surface area contributed by atoms with Crippen LogP contribution in [0.25, 0.3) is 5.69 Å². The average Bonchev–Trinajstić information content (AvgIpc) is 3.32. The molecule has 1 heterocycles. The van der Waals surface area contributed by atoms with E-state index in [0.29, 0.717) is 5.92 Å². The molecule has 0 saturated heterocycles. The summed E-state index contributed by atoms with van der Waals surface area (Å²) in [5, 5.41) is 10.8. The Labute approximate surface area is 184 Å². The quantitative estimate of drug-likeness (QED) is 0.515. The molecule has 3 aromatic rings. The number of carbonyl (C=O) groups excluding carboxylic acids is 1. The minimum atomic E-state index is -0.184. The van der Waals surface area contributed by atoms with Gasteiger partial charge in [-0.2, -0.15) is 5.10 Å². The lowest BCUT2D eigenvalue weighted by molar-refractivity contribution is 0.250. The molecular weight excluding hydrogens is 384 g/mol. The van der Waals surface area contributed by atoms with Crippen molar-refractivity contribution in [1.29, 1.82) is 0 Å². The zero-order chi connectivity index (χ0) is 22.0. The molecule has 1 aliphatic carbocycles. The molecule has 5 heteroatoms. The van der Waals surface area contributed by atoms with Crippen LogP contribution in [0.5, 0.6) is 0 Å². The Bertz CT molecular complexity index is 1080. The van der Waals surface area contributed by atoms with E-state index >= 15 is 0 Å². The second kappa shape index (κ2) is 8.80. The van der Waals surface area contributed by atoms with Gasteiger partial charge in [0.2, 0.25) is 0 Å². The number of aryl methyl sites for hydroxylation is 1. The van der Waals surface area contributed by atoms with Crippen molar-refractivity contribution in [2.45, 2.75) is 52.0 Å². The molecule has 0 aliphatic heterocycles. The smallest absolute Gasteiger partial charge is 0.319 e. The Kier molecular flexibility index (Phi) is 5.94. The number of hydrogen-bond acceptors (Lipinski definition) is 2. The molecule has 1 aromatic heterocycles. The summed E-state index contributed by atoms with van der Waals surface area (Å²) < 4.78 is 2.03. The maximum atomic E-state index is 12.3. The van der Waals surface area contributed by atoms with Crippen molar-refractivity contribution in [2.75, 3.05) is 5.32 Å². The van der Waals surface area contributed by atoms with Gasteiger partial charge in [-0.15, -0.1) is 0 Å². The van der Waals surface area contributed by atoms with E-state index in [9.17, 15) is 4.79 Å². The highest BCUT2D eigenvalue weighted by Crippen LogP contribution is 2.34. The number of benzene rings is 2. The zero-order valence-corrected chi connectivity index (χ0v) is 18.6. The number of nitrogens with zero attached hydrogens (tertiary/aromatic N) is 2. The van der Waals surface area contributed by atoms with Gasteiger partial charge in [0, 0.05) is 28.9 Å². The minimum Gasteiger partial charge on any atom is -0.332 e. The van der Waals surface area contributed by atoms with E-state index in [1.54, 1.807) is 0 Å². The van der Waals surface area contributed by atoms with Gasteiger partial charge >= 0.3 is 6.03 Å². The number of urea groups is 1. The van der Waals surface area contributed by atoms with Gasteiger partial charge in [-0.1, -0.05) is 56.3 Å². The molecule has 0 bridgehead atoms. The second-order valence-electron chi connectivity index (χ2n) is 8.54. The molecule has 2 N–H and O–H groups in total. The molecule has 0 spiro atoms. The monoisotopic (exact) mass is 414 g/mol. The summed E-state index contributed by atoms with van der Waals surface area (Å²) in [5.74, 6) is 0.753. The van der Waals surface area contributed by atoms with Crippen LogP contribution in [0.1, 0.15) is 54.6 Å². The van der Waals surface area contributed by atoms with Gasteiger partial charge in [0.05, 0.1) is 11.4 Å². The lowest BCUT2D eigenvalue weighted by atomic mass is 9.96. The first-order chi connectivity index (χ1) is 14.9. The van der Waals surface area contributed by atoms with Crippen LogP contribution >= 0.6 is 0 Å².